The number of anilines is 2. The Bertz CT molecular complexity index is 1110. The van der Waals surface area contributed by atoms with Gasteiger partial charge >= 0.3 is 0 Å². The van der Waals surface area contributed by atoms with Crippen molar-refractivity contribution >= 4 is 34.8 Å². The SMILES string of the molecule is Cc1cc(C)n(-c2ccc(C(=O)Nc3ccc(N4CCNC(=O)C4)c(Cl)c3)cc2)n1. The molecular formula is C22H22ClN5O2. The number of rotatable bonds is 4. The summed E-state index contributed by atoms with van der Waals surface area (Å²) < 4.78 is 1.84. The number of halogens is 1. The normalized spacial score (nSPS) is 13.8. The third-order valence-corrected chi connectivity index (χ3v) is 5.27. The summed E-state index contributed by atoms with van der Waals surface area (Å²) >= 11 is 6.41. The lowest BCUT2D eigenvalue weighted by Gasteiger charge is -2.29. The van der Waals surface area contributed by atoms with Crippen LogP contribution < -0.4 is 15.5 Å². The van der Waals surface area contributed by atoms with E-state index in [0.29, 0.717) is 29.4 Å². The number of nitrogens with zero attached hydrogens (tertiary/aromatic N) is 3. The molecule has 4 rings (SSSR count). The molecule has 154 valence electrons. The molecule has 1 saturated heterocycles. The molecule has 8 heteroatoms. The molecule has 3 aromatic rings. The quantitative estimate of drug-likeness (QED) is 0.674. The molecule has 0 unspecified atom stereocenters. The van der Waals surface area contributed by atoms with Crippen molar-refractivity contribution in [2.24, 2.45) is 0 Å². The topological polar surface area (TPSA) is 79.3 Å². The number of carbonyl (C=O) groups excluding carboxylic acids is 2. The molecule has 0 spiro atoms. The van der Waals surface area contributed by atoms with E-state index >= 15 is 0 Å². The molecule has 0 saturated carbocycles. The van der Waals surface area contributed by atoms with E-state index in [0.717, 1.165) is 22.8 Å². The number of piperazine rings is 1. The molecular weight excluding hydrogens is 402 g/mol. The van der Waals surface area contributed by atoms with E-state index in [4.69, 9.17) is 11.6 Å². The van der Waals surface area contributed by atoms with Crippen molar-refractivity contribution in [2.75, 3.05) is 29.9 Å². The maximum atomic E-state index is 12.6. The molecule has 0 aliphatic carbocycles. The second kappa shape index (κ2) is 8.20. The molecule has 2 N–H and O–H groups in total. The summed E-state index contributed by atoms with van der Waals surface area (Å²) in [7, 11) is 0. The van der Waals surface area contributed by atoms with Crippen molar-refractivity contribution in [3.63, 3.8) is 0 Å². The fraction of sp³-hybridized carbons (Fsp3) is 0.227. The van der Waals surface area contributed by atoms with Gasteiger partial charge in [-0.15, -0.1) is 0 Å². The highest BCUT2D eigenvalue weighted by Gasteiger charge is 2.19. The zero-order valence-corrected chi connectivity index (χ0v) is 17.5. The first-order valence-electron chi connectivity index (χ1n) is 9.67. The predicted molar refractivity (Wildman–Crippen MR) is 118 cm³/mol. The average molecular weight is 424 g/mol. The van der Waals surface area contributed by atoms with Gasteiger partial charge in [-0.2, -0.15) is 5.10 Å². The number of amides is 2. The molecule has 0 atom stereocenters. The molecule has 30 heavy (non-hydrogen) atoms. The van der Waals surface area contributed by atoms with E-state index in [-0.39, 0.29) is 18.4 Å². The van der Waals surface area contributed by atoms with Gasteiger partial charge in [-0.1, -0.05) is 11.6 Å². The number of carbonyl (C=O) groups is 2. The van der Waals surface area contributed by atoms with Gasteiger partial charge in [0, 0.05) is 30.0 Å². The van der Waals surface area contributed by atoms with Crippen molar-refractivity contribution < 1.29 is 9.59 Å². The highest BCUT2D eigenvalue weighted by molar-refractivity contribution is 6.33. The lowest BCUT2D eigenvalue weighted by Crippen LogP contribution is -2.47. The van der Waals surface area contributed by atoms with Crippen LogP contribution in [0, 0.1) is 13.8 Å². The molecule has 2 amide bonds. The first-order valence-corrected chi connectivity index (χ1v) is 10.0. The van der Waals surface area contributed by atoms with Gasteiger partial charge in [0.2, 0.25) is 5.91 Å². The smallest absolute Gasteiger partial charge is 0.255 e. The number of aromatic nitrogens is 2. The molecule has 1 fully saturated rings. The molecule has 1 aliphatic rings. The standard InChI is InChI=1S/C22H22ClN5O2/c1-14-11-15(2)28(26-14)18-6-3-16(4-7-18)22(30)25-17-5-8-20(19(23)12-17)27-10-9-24-21(29)13-27/h3-8,11-12H,9-10,13H2,1-2H3,(H,24,29)(H,25,30). The third-order valence-electron chi connectivity index (χ3n) is 4.97. The van der Waals surface area contributed by atoms with Gasteiger partial charge in [-0.05, 0) is 62.4 Å². The summed E-state index contributed by atoms with van der Waals surface area (Å²) in [5.41, 5.74) is 4.78. The molecule has 1 aromatic heterocycles. The third kappa shape index (κ3) is 4.16. The van der Waals surface area contributed by atoms with Gasteiger partial charge in [0.05, 0.1) is 28.6 Å². The van der Waals surface area contributed by atoms with Crippen LogP contribution in [0.4, 0.5) is 11.4 Å². The Morgan fingerprint density at radius 1 is 1.13 bits per heavy atom. The van der Waals surface area contributed by atoms with E-state index in [2.05, 4.69) is 15.7 Å². The summed E-state index contributed by atoms with van der Waals surface area (Å²) in [5.74, 6) is -0.255. The molecule has 2 heterocycles. The first-order chi connectivity index (χ1) is 14.4. The van der Waals surface area contributed by atoms with Crippen LogP contribution in [0.5, 0.6) is 0 Å². The minimum Gasteiger partial charge on any atom is -0.359 e. The van der Waals surface area contributed by atoms with Crippen molar-refractivity contribution in [3.8, 4) is 5.69 Å². The zero-order chi connectivity index (χ0) is 21.3. The van der Waals surface area contributed by atoms with Crippen molar-refractivity contribution in [3.05, 3.63) is 70.5 Å². The summed E-state index contributed by atoms with van der Waals surface area (Å²) in [4.78, 5) is 26.2. The Labute approximate surface area is 179 Å². The van der Waals surface area contributed by atoms with E-state index in [1.54, 1.807) is 24.3 Å². The maximum absolute atomic E-state index is 12.6. The summed E-state index contributed by atoms with van der Waals surface area (Å²) in [6.07, 6.45) is 0. The van der Waals surface area contributed by atoms with Crippen molar-refractivity contribution in [2.45, 2.75) is 13.8 Å². The van der Waals surface area contributed by atoms with Crippen LogP contribution in [0.2, 0.25) is 5.02 Å². The largest absolute Gasteiger partial charge is 0.359 e. The average Bonchev–Trinajstić information content (AvgIpc) is 3.06. The van der Waals surface area contributed by atoms with Crippen LogP contribution in [-0.2, 0) is 4.79 Å². The van der Waals surface area contributed by atoms with Gasteiger partial charge in [0.25, 0.3) is 5.91 Å². The first kappa shape index (κ1) is 20.0. The number of nitrogens with one attached hydrogen (secondary N) is 2. The molecule has 0 radical (unpaired) electrons. The van der Waals surface area contributed by atoms with Crippen LogP contribution in [0.25, 0.3) is 5.69 Å². The maximum Gasteiger partial charge on any atom is 0.255 e. The van der Waals surface area contributed by atoms with Gasteiger partial charge in [-0.25, -0.2) is 4.68 Å². The Morgan fingerprint density at radius 2 is 1.90 bits per heavy atom. The number of hydrogen-bond acceptors (Lipinski definition) is 4. The fourth-order valence-corrected chi connectivity index (χ4v) is 3.83. The van der Waals surface area contributed by atoms with E-state index in [9.17, 15) is 9.59 Å². The highest BCUT2D eigenvalue weighted by Crippen LogP contribution is 2.29. The van der Waals surface area contributed by atoms with Crippen LogP contribution in [-0.4, -0.2) is 41.2 Å². The van der Waals surface area contributed by atoms with E-state index < -0.39 is 0 Å². The van der Waals surface area contributed by atoms with Gasteiger partial charge < -0.3 is 15.5 Å². The van der Waals surface area contributed by atoms with E-state index in [1.165, 1.54) is 0 Å². The molecule has 1 aliphatic heterocycles. The Balaban J connectivity index is 1.46. The van der Waals surface area contributed by atoms with Gasteiger partial charge in [0.15, 0.2) is 0 Å². The lowest BCUT2D eigenvalue weighted by atomic mass is 10.1. The van der Waals surface area contributed by atoms with Gasteiger partial charge in [0.1, 0.15) is 0 Å². The van der Waals surface area contributed by atoms with Crippen molar-refractivity contribution in [1.82, 2.24) is 15.1 Å². The minimum absolute atomic E-state index is 0.0291. The van der Waals surface area contributed by atoms with E-state index in [1.807, 2.05) is 47.7 Å². The van der Waals surface area contributed by atoms with Crippen LogP contribution >= 0.6 is 11.6 Å². The Hall–Kier alpha value is -3.32. The number of aryl methyl sites for hydroxylation is 2. The van der Waals surface area contributed by atoms with Crippen LogP contribution in [0.1, 0.15) is 21.7 Å². The fourth-order valence-electron chi connectivity index (χ4n) is 3.53. The number of hydrogen-bond donors (Lipinski definition) is 2. The second-order valence-electron chi connectivity index (χ2n) is 7.28. The number of benzene rings is 2. The van der Waals surface area contributed by atoms with Crippen molar-refractivity contribution in [1.29, 1.82) is 0 Å². The lowest BCUT2D eigenvalue weighted by molar-refractivity contribution is -0.120. The Morgan fingerprint density at radius 3 is 2.53 bits per heavy atom. The molecule has 7 nitrogen and oxygen atoms in total. The zero-order valence-electron chi connectivity index (χ0n) is 16.8. The van der Waals surface area contributed by atoms with Crippen LogP contribution in [0.15, 0.2) is 48.5 Å². The summed E-state index contributed by atoms with van der Waals surface area (Å²) in [6, 6.07) is 14.6. The minimum atomic E-state index is -0.226. The Kier molecular flexibility index (Phi) is 5.46. The monoisotopic (exact) mass is 423 g/mol. The predicted octanol–water partition coefficient (Wildman–Crippen LogP) is 3.33. The molecule has 2 aromatic carbocycles. The molecule has 0 bridgehead atoms. The highest BCUT2D eigenvalue weighted by atomic mass is 35.5. The summed E-state index contributed by atoms with van der Waals surface area (Å²) in [6.45, 7) is 5.49. The van der Waals surface area contributed by atoms with Crippen LogP contribution in [0.3, 0.4) is 0 Å². The second-order valence-corrected chi connectivity index (χ2v) is 7.68. The summed E-state index contributed by atoms with van der Waals surface area (Å²) in [5, 5.41) is 10.6. The van der Waals surface area contributed by atoms with Gasteiger partial charge in [-0.3, -0.25) is 9.59 Å².